The Bertz CT molecular complexity index is 550. The maximum atomic E-state index is 13.2. The standard InChI is InChI=1S/C15H14BrFO2/c1-10(18)12-3-2-4-15(7-12)19-9-11-5-13(16)8-14(17)6-11/h2-8,10,18H,9H2,1H3. The second-order valence-corrected chi connectivity index (χ2v) is 5.23. The Kier molecular flexibility index (Phi) is 4.56. The molecule has 0 heterocycles. The molecule has 0 spiro atoms. The molecule has 1 N–H and O–H groups in total. The van der Waals surface area contributed by atoms with Crippen molar-refractivity contribution in [1.82, 2.24) is 0 Å². The zero-order chi connectivity index (χ0) is 13.8. The summed E-state index contributed by atoms with van der Waals surface area (Å²) in [5, 5.41) is 9.49. The average Bonchev–Trinajstić information content (AvgIpc) is 2.35. The molecule has 0 fully saturated rings. The van der Waals surface area contributed by atoms with Crippen LogP contribution in [0.5, 0.6) is 5.75 Å². The van der Waals surface area contributed by atoms with Crippen molar-refractivity contribution < 1.29 is 14.2 Å². The van der Waals surface area contributed by atoms with E-state index in [0.29, 0.717) is 10.2 Å². The molecule has 0 aliphatic rings. The Labute approximate surface area is 120 Å². The van der Waals surface area contributed by atoms with E-state index in [1.807, 2.05) is 18.2 Å². The minimum atomic E-state index is -0.535. The van der Waals surface area contributed by atoms with Crippen LogP contribution in [0.2, 0.25) is 0 Å². The monoisotopic (exact) mass is 324 g/mol. The molecule has 0 saturated heterocycles. The van der Waals surface area contributed by atoms with Crippen LogP contribution in [0.15, 0.2) is 46.9 Å². The summed E-state index contributed by atoms with van der Waals surface area (Å²) in [4.78, 5) is 0. The van der Waals surface area contributed by atoms with Gasteiger partial charge in [-0.05, 0) is 48.4 Å². The second-order valence-electron chi connectivity index (χ2n) is 4.31. The summed E-state index contributed by atoms with van der Waals surface area (Å²) in [5.41, 5.74) is 1.53. The fraction of sp³-hybridized carbons (Fsp3) is 0.200. The number of aliphatic hydroxyl groups is 1. The third-order valence-corrected chi connectivity index (χ3v) is 3.13. The van der Waals surface area contributed by atoms with Crippen LogP contribution in [0.3, 0.4) is 0 Å². The fourth-order valence-electron chi connectivity index (χ4n) is 1.73. The van der Waals surface area contributed by atoms with Crippen molar-refractivity contribution in [3.05, 3.63) is 63.9 Å². The van der Waals surface area contributed by atoms with Gasteiger partial charge in [-0.1, -0.05) is 28.1 Å². The second kappa shape index (κ2) is 6.17. The molecule has 1 atom stereocenters. The van der Waals surface area contributed by atoms with Crippen molar-refractivity contribution in [2.75, 3.05) is 0 Å². The van der Waals surface area contributed by atoms with Gasteiger partial charge >= 0.3 is 0 Å². The Balaban J connectivity index is 2.07. The van der Waals surface area contributed by atoms with Gasteiger partial charge in [0.05, 0.1) is 6.10 Å². The highest BCUT2D eigenvalue weighted by molar-refractivity contribution is 9.10. The van der Waals surface area contributed by atoms with Crippen LogP contribution in [-0.2, 0) is 6.61 Å². The summed E-state index contributed by atoms with van der Waals surface area (Å²) in [6.45, 7) is 1.97. The zero-order valence-corrected chi connectivity index (χ0v) is 12.0. The maximum absolute atomic E-state index is 13.2. The molecule has 0 aliphatic heterocycles. The molecule has 100 valence electrons. The van der Waals surface area contributed by atoms with E-state index in [1.54, 1.807) is 19.1 Å². The van der Waals surface area contributed by atoms with Crippen LogP contribution >= 0.6 is 15.9 Å². The predicted octanol–water partition coefficient (Wildman–Crippen LogP) is 4.22. The van der Waals surface area contributed by atoms with Gasteiger partial charge < -0.3 is 9.84 Å². The highest BCUT2D eigenvalue weighted by atomic mass is 79.9. The van der Waals surface area contributed by atoms with Gasteiger partial charge in [-0.3, -0.25) is 0 Å². The van der Waals surface area contributed by atoms with E-state index < -0.39 is 6.10 Å². The summed E-state index contributed by atoms with van der Waals surface area (Å²) >= 11 is 3.24. The van der Waals surface area contributed by atoms with Crippen molar-refractivity contribution in [2.24, 2.45) is 0 Å². The van der Waals surface area contributed by atoms with Gasteiger partial charge in [-0.2, -0.15) is 0 Å². The highest BCUT2D eigenvalue weighted by Crippen LogP contribution is 2.21. The van der Waals surface area contributed by atoms with Crippen molar-refractivity contribution in [2.45, 2.75) is 19.6 Å². The van der Waals surface area contributed by atoms with E-state index in [2.05, 4.69) is 15.9 Å². The quantitative estimate of drug-likeness (QED) is 0.912. The molecule has 0 saturated carbocycles. The number of rotatable bonds is 4. The number of ether oxygens (including phenoxy) is 1. The van der Waals surface area contributed by atoms with Crippen molar-refractivity contribution in [3.63, 3.8) is 0 Å². The molecule has 19 heavy (non-hydrogen) atoms. The van der Waals surface area contributed by atoms with E-state index in [1.165, 1.54) is 12.1 Å². The van der Waals surface area contributed by atoms with Crippen molar-refractivity contribution >= 4 is 15.9 Å². The third kappa shape index (κ3) is 4.04. The summed E-state index contributed by atoms with van der Waals surface area (Å²) in [7, 11) is 0. The number of aliphatic hydroxyl groups excluding tert-OH is 1. The van der Waals surface area contributed by atoms with Crippen LogP contribution in [0.25, 0.3) is 0 Å². The maximum Gasteiger partial charge on any atom is 0.124 e. The molecule has 0 bridgehead atoms. The Morgan fingerprint density at radius 2 is 2.05 bits per heavy atom. The van der Waals surface area contributed by atoms with Crippen LogP contribution < -0.4 is 4.74 Å². The third-order valence-electron chi connectivity index (χ3n) is 2.67. The van der Waals surface area contributed by atoms with Crippen LogP contribution in [0.1, 0.15) is 24.2 Å². The minimum Gasteiger partial charge on any atom is -0.489 e. The van der Waals surface area contributed by atoms with Gasteiger partial charge in [0, 0.05) is 4.47 Å². The lowest BCUT2D eigenvalue weighted by Gasteiger charge is -2.10. The Morgan fingerprint density at radius 1 is 1.26 bits per heavy atom. The Hall–Kier alpha value is -1.39. The molecule has 2 rings (SSSR count). The molecule has 2 aromatic rings. The zero-order valence-electron chi connectivity index (χ0n) is 10.4. The lowest BCUT2D eigenvalue weighted by molar-refractivity contribution is 0.198. The van der Waals surface area contributed by atoms with Gasteiger partial charge in [0.2, 0.25) is 0 Å². The van der Waals surface area contributed by atoms with Gasteiger partial charge in [0.1, 0.15) is 18.2 Å². The first-order chi connectivity index (χ1) is 9.04. The topological polar surface area (TPSA) is 29.5 Å². The molecule has 0 radical (unpaired) electrons. The lowest BCUT2D eigenvalue weighted by atomic mass is 10.1. The summed E-state index contributed by atoms with van der Waals surface area (Å²) in [6.07, 6.45) is -0.535. The molecule has 2 nitrogen and oxygen atoms in total. The van der Waals surface area contributed by atoms with E-state index >= 15 is 0 Å². The molecule has 4 heteroatoms. The summed E-state index contributed by atoms with van der Waals surface area (Å²) < 4.78 is 19.5. The summed E-state index contributed by atoms with van der Waals surface area (Å²) in [5.74, 6) is 0.351. The average molecular weight is 325 g/mol. The number of hydrogen-bond donors (Lipinski definition) is 1. The molecule has 2 aromatic carbocycles. The largest absolute Gasteiger partial charge is 0.489 e. The van der Waals surface area contributed by atoms with E-state index in [4.69, 9.17) is 4.74 Å². The smallest absolute Gasteiger partial charge is 0.124 e. The number of halogens is 2. The van der Waals surface area contributed by atoms with Crippen LogP contribution in [0.4, 0.5) is 4.39 Å². The van der Waals surface area contributed by atoms with Crippen molar-refractivity contribution in [1.29, 1.82) is 0 Å². The number of hydrogen-bond acceptors (Lipinski definition) is 2. The van der Waals surface area contributed by atoms with Gasteiger partial charge in [0.25, 0.3) is 0 Å². The molecule has 0 amide bonds. The van der Waals surface area contributed by atoms with Gasteiger partial charge in [-0.25, -0.2) is 4.39 Å². The molecule has 0 aliphatic carbocycles. The first kappa shape index (κ1) is 14.0. The molecule has 0 aromatic heterocycles. The Morgan fingerprint density at radius 3 is 2.74 bits per heavy atom. The van der Waals surface area contributed by atoms with Crippen LogP contribution in [0, 0.1) is 5.82 Å². The molecular weight excluding hydrogens is 311 g/mol. The SMILES string of the molecule is CC(O)c1cccc(OCc2cc(F)cc(Br)c2)c1. The van der Waals surface area contributed by atoms with Gasteiger partial charge in [-0.15, -0.1) is 0 Å². The summed E-state index contributed by atoms with van der Waals surface area (Å²) in [6, 6.07) is 11.9. The number of benzene rings is 2. The normalized spacial score (nSPS) is 12.2. The van der Waals surface area contributed by atoms with Crippen LogP contribution in [-0.4, -0.2) is 5.11 Å². The van der Waals surface area contributed by atoms with E-state index in [0.717, 1.165) is 11.1 Å². The predicted molar refractivity (Wildman–Crippen MR) is 75.5 cm³/mol. The highest BCUT2D eigenvalue weighted by Gasteiger charge is 2.04. The van der Waals surface area contributed by atoms with E-state index in [9.17, 15) is 9.50 Å². The lowest BCUT2D eigenvalue weighted by Crippen LogP contribution is -1.98. The van der Waals surface area contributed by atoms with Crippen molar-refractivity contribution in [3.8, 4) is 5.75 Å². The molecule has 1 unspecified atom stereocenters. The minimum absolute atomic E-state index is 0.277. The first-order valence-corrected chi connectivity index (χ1v) is 6.69. The fourth-order valence-corrected chi connectivity index (χ4v) is 2.24. The van der Waals surface area contributed by atoms with E-state index in [-0.39, 0.29) is 12.4 Å². The first-order valence-electron chi connectivity index (χ1n) is 5.90. The van der Waals surface area contributed by atoms with Gasteiger partial charge in [0.15, 0.2) is 0 Å². The molecular formula is C15H14BrFO2.